The lowest BCUT2D eigenvalue weighted by Crippen LogP contribution is -2.41. The van der Waals surface area contributed by atoms with Crippen molar-refractivity contribution in [2.45, 2.75) is 38.2 Å². The van der Waals surface area contributed by atoms with Gasteiger partial charge >= 0.3 is 0 Å². The van der Waals surface area contributed by atoms with Crippen LogP contribution in [0, 0.1) is 17.2 Å². The highest BCUT2D eigenvalue weighted by molar-refractivity contribution is 5.68. The van der Waals surface area contributed by atoms with Gasteiger partial charge in [-0.3, -0.25) is 0 Å². The summed E-state index contributed by atoms with van der Waals surface area (Å²) in [5.41, 5.74) is 5.90. The molecule has 0 aromatic carbocycles. The largest absolute Gasteiger partial charge is 0.395 e. The number of nitriles is 1. The Morgan fingerprint density at radius 1 is 1.68 bits per heavy atom. The van der Waals surface area contributed by atoms with Crippen LogP contribution in [0.1, 0.15) is 38.2 Å². The zero-order chi connectivity index (χ0) is 13.9. The third kappa shape index (κ3) is 3.15. The molecule has 1 aromatic heterocycles. The number of nitrogens with zero attached hydrogens (tertiary/aromatic N) is 2. The first-order valence-corrected chi connectivity index (χ1v) is 6.65. The number of nitrogens with two attached hydrogens (primary N) is 1. The molecule has 1 fully saturated rings. The summed E-state index contributed by atoms with van der Waals surface area (Å²) >= 11 is 0. The zero-order valence-corrected chi connectivity index (χ0v) is 11.2. The molecule has 4 N–H and O–H groups in total. The fraction of sp³-hybridized carbons (Fsp3) is 0.571. The SMILES string of the molecule is CC1CCCC(O)(CNc2nccc(C#N)c2N)C1. The molecule has 1 heterocycles. The summed E-state index contributed by atoms with van der Waals surface area (Å²) in [6.07, 6.45) is 5.35. The molecule has 5 heteroatoms. The molecule has 0 spiro atoms. The minimum absolute atomic E-state index is 0.345. The van der Waals surface area contributed by atoms with Gasteiger partial charge in [-0.1, -0.05) is 19.8 Å². The van der Waals surface area contributed by atoms with Crippen molar-refractivity contribution in [1.29, 1.82) is 5.26 Å². The smallest absolute Gasteiger partial charge is 0.150 e. The number of anilines is 2. The van der Waals surface area contributed by atoms with Gasteiger partial charge in [-0.15, -0.1) is 0 Å². The van der Waals surface area contributed by atoms with E-state index in [1.54, 1.807) is 12.3 Å². The Labute approximate surface area is 113 Å². The lowest BCUT2D eigenvalue weighted by atomic mass is 9.79. The molecular formula is C14H20N4O. The average molecular weight is 260 g/mol. The van der Waals surface area contributed by atoms with E-state index >= 15 is 0 Å². The molecule has 5 nitrogen and oxygen atoms in total. The Balaban J connectivity index is 2.05. The molecule has 0 aliphatic heterocycles. The molecule has 0 amide bonds. The first-order chi connectivity index (χ1) is 9.04. The maximum Gasteiger partial charge on any atom is 0.150 e. The number of aliphatic hydroxyl groups is 1. The van der Waals surface area contributed by atoms with E-state index in [2.05, 4.69) is 17.2 Å². The Kier molecular flexibility index (Phi) is 3.91. The van der Waals surface area contributed by atoms with Crippen LogP contribution in [0.25, 0.3) is 0 Å². The maximum atomic E-state index is 10.5. The summed E-state index contributed by atoms with van der Waals surface area (Å²) in [4.78, 5) is 4.12. The van der Waals surface area contributed by atoms with Gasteiger partial charge in [-0.25, -0.2) is 4.98 Å². The number of nitrogen functional groups attached to an aromatic ring is 1. The third-order valence-corrected chi connectivity index (χ3v) is 3.76. The lowest BCUT2D eigenvalue weighted by molar-refractivity contribution is -0.000811. The molecule has 0 bridgehead atoms. The van der Waals surface area contributed by atoms with Crippen LogP contribution in [0.15, 0.2) is 12.3 Å². The van der Waals surface area contributed by atoms with Crippen LogP contribution >= 0.6 is 0 Å². The van der Waals surface area contributed by atoms with Gasteiger partial charge in [0.15, 0.2) is 5.82 Å². The third-order valence-electron chi connectivity index (χ3n) is 3.76. The van der Waals surface area contributed by atoms with E-state index in [0.717, 1.165) is 19.3 Å². The summed E-state index contributed by atoms with van der Waals surface area (Å²) in [7, 11) is 0. The second-order valence-electron chi connectivity index (χ2n) is 5.51. The number of nitrogens with one attached hydrogen (secondary N) is 1. The Morgan fingerprint density at radius 2 is 2.47 bits per heavy atom. The molecule has 19 heavy (non-hydrogen) atoms. The number of rotatable bonds is 3. The summed E-state index contributed by atoms with van der Waals surface area (Å²) in [6.45, 7) is 2.58. The van der Waals surface area contributed by atoms with Crippen molar-refractivity contribution in [2.75, 3.05) is 17.6 Å². The van der Waals surface area contributed by atoms with Crippen molar-refractivity contribution >= 4 is 11.5 Å². The number of pyridine rings is 1. The normalized spacial score (nSPS) is 26.7. The van der Waals surface area contributed by atoms with Gasteiger partial charge < -0.3 is 16.2 Å². The van der Waals surface area contributed by atoms with E-state index in [1.165, 1.54) is 6.42 Å². The standard InChI is InChI=1S/C14H20N4O/c1-10-3-2-5-14(19,7-10)9-18-13-12(16)11(8-15)4-6-17-13/h4,6,10,19H,2-3,5,7,9,16H2,1H3,(H,17,18). The van der Waals surface area contributed by atoms with Gasteiger partial charge in [0, 0.05) is 12.7 Å². The summed E-state index contributed by atoms with van der Waals surface area (Å²) in [5, 5.41) is 22.5. The van der Waals surface area contributed by atoms with Crippen molar-refractivity contribution < 1.29 is 5.11 Å². The van der Waals surface area contributed by atoms with Crippen molar-refractivity contribution in [1.82, 2.24) is 4.98 Å². The fourth-order valence-corrected chi connectivity index (χ4v) is 2.75. The molecule has 1 aromatic rings. The Bertz CT molecular complexity index is 497. The van der Waals surface area contributed by atoms with E-state index in [1.807, 2.05) is 6.07 Å². The highest BCUT2D eigenvalue weighted by Gasteiger charge is 2.32. The van der Waals surface area contributed by atoms with Crippen molar-refractivity contribution in [3.05, 3.63) is 17.8 Å². The van der Waals surface area contributed by atoms with Gasteiger partial charge in [0.25, 0.3) is 0 Å². The van der Waals surface area contributed by atoms with Crippen LogP contribution < -0.4 is 11.1 Å². The van der Waals surface area contributed by atoms with Crippen LogP contribution in [0.4, 0.5) is 11.5 Å². The second-order valence-corrected chi connectivity index (χ2v) is 5.51. The number of hydrogen-bond acceptors (Lipinski definition) is 5. The van der Waals surface area contributed by atoms with Crippen LogP contribution in [0.5, 0.6) is 0 Å². The van der Waals surface area contributed by atoms with E-state index in [-0.39, 0.29) is 0 Å². The Morgan fingerprint density at radius 3 is 3.16 bits per heavy atom. The summed E-state index contributed by atoms with van der Waals surface area (Å²) in [6, 6.07) is 3.60. The lowest BCUT2D eigenvalue weighted by Gasteiger charge is -2.35. The van der Waals surface area contributed by atoms with Gasteiger partial charge in [0.05, 0.1) is 16.9 Å². The quantitative estimate of drug-likeness (QED) is 0.771. The molecule has 0 saturated heterocycles. The average Bonchev–Trinajstić information content (AvgIpc) is 2.37. The van der Waals surface area contributed by atoms with E-state index in [9.17, 15) is 5.11 Å². The molecule has 2 atom stereocenters. The van der Waals surface area contributed by atoms with Crippen molar-refractivity contribution in [3.63, 3.8) is 0 Å². The number of aromatic nitrogens is 1. The van der Waals surface area contributed by atoms with Crippen LogP contribution in [0.3, 0.4) is 0 Å². The summed E-state index contributed by atoms with van der Waals surface area (Å²) in [5.74, 6) is 1.02. The molecule has 102 valence electrons. The van der Waals surface area contributed by atoms with Crippen molar-refractivity contribution in [2.24, 2.45) is 5.92 Å². The Hall–Kier alpha value is -1.80. The van der Waals surface area contributed by atoms with Gasteiger partial charge in [0.2, 0.25) is 0 Å². The van der Waals surface area contributed by atoms with Crippen LogP contribution in [-0.2, 0) is 0 Å². The minimum Gasteiger partial charge on any atom is -0.395 e. The van der Waals surface area contributed by atoms with Crippen LogP contribution in [0.2, 0.25) is 0 Å². The van der Waals surface area contributed by atoms with Gasteiger partial charge in [-0.05, 0) is 24.8 Å². The highest BCUT2D eigenvalue weighted by atomic mass is 16.3. The van der Waals surface area contributed by atoms with Crippen LogP contribution in [-0.4, -0.2) is 22.2 Å². The highest BCUT2D eigenvalue weighted by Crippen LogP contribution is 2.32. The monoisotopic (exact) mass is 260 g/mol. The fourth-order valence-electron chi connectivity index (χ4n) is 2.75. The molecule has 2 rings (SSSR count). The molecule has 2 unspecified atom stereocenters. The predicted octanol–water partition coefficient (Wildman–Crippen LogP) is 1.89. The topological polar surface area (TPSA) is 95.0 Å². The molecule has 1 aliphatic carbocycles. The second kappa shape index (κ2) is 5.45. The minimum atomic E-state index is -0.700. The maximum absolute atomic E-state index is 10.5. The van der Waals surface area contributed by atoms with Crippen molar-refractivity contribution in [3.8, 4) is 6.07 Å². The van der Waals surface area contributed by atoms with Gasteiger partial charge in [-0.2, -0.15) is 5.26 Å². The van der Waals surface area contributed by atoms with E-state index in [4.69, 9.17) is 11.0 Å². The molecule has 1 aliphatic rings. The first-order valence-electron chi connectivity index (χ1n) is 6.65. The van der Waals surface area contributed by atoms with E-state index in [0.29, 0.717) is 29.5 Å². The molecular weight excluding hydrogens is 240 g/mol. The number of hydrogen-bond donors (Lipinski definition) is 3. The molecule has 0 radical (unpaired) electrons. The first kappa shape index (κ1) is 13.6. The van der Waals surface area contributed by atoms with Gasteiger partial charge in [0.1, 0.15) is 6.07 Å². The zero-order valence-electron chi connectivity index (χ0n) is 11.2. The summed E-state index contributed by atoms with van der Waals surface area (Å²) < 4.78 is 0. The molecule has 1 saturated carbocycles. The van der Waals surface area contributed by atoms with E-state index < -0.39 is 5.60 Å². The predicted molar refractivity (Wildman–Crippen MR) is 74.4 cm³/mol.